The molecule has 6 aromatic carbocycles. The van der Waals surface area contributed by atoms with E-state index in [2.05, 4.69) is 52.7 Å². The van der Waals surface area contributed by atoms with Crippen LogP contribution in [0.15, 0.2) is 127 Å². The third-order valence-electron chi connectivity index (χ3n) is 13.3. The van der Waals surface area contributed by atoms with Crippen molar-refractivity contribution in [3.05, 3.63) is 172 Å². The third kappa shape index (κ3) is 7.78. The van der Waals surface area contributed by atoms with Crippen LogP contribution in [0, 0.1) is 0 Å². The van der Waals surface area contributed by atoms with E-state index in [9.17, 15) is 14.4 Å². The predicted molar refractivity (Wildman–Crippen MR) is 242 cm³/mol. The van der Waals surface area contributed by atoms with Crippen molar-refractivity contribution < 1.29 is 23.9 Å². The first-order valence-electron chi connectivity index (χ1n) is 21.9. The molecule has 0 bridgehead atoms. The number of nitrogens with one attached hydrogen (secondary N) is 1. The molecule has 9 heteroatoms. The minimum Gasteiger partial charge on any atom is -0.454 e. The van der Waals surface area contributed by atoms with Gasteiger partial charge in [0.15, 0.2) is 17.3 Å². The van der Waals surface area contributed by atoms with Crippen LogP contribution < -0.4 is 20.5 Å². The van der Waals surface area contributed by atoms with Crippen LogP contribution in [0.5, 0.6) is 11.5 Å². The Bertz CT molecular complexity index is 2670. The van der Waals surface area contributed by atoms with Crippen LogP contribution >= 0.6 is 0 Å². The van der Waals surface area contributed by atoms with E-state index in [1.54, 1.807) is 0 Å². The third-order valence-corrected chi connectivity index (χ3v) is 13.3. The Morgan fingerprint density at radius 2 is 1.47 bits per heavy atom. The number of rotatable bonds is 10. The van der Waals surface area contributed by atoms with Crippen LogP contribution in [0.3, 0.4) is 0 Å². The topological polar surface area (TPSA) is 114 Å². The van der Waals surface area contributed by atoms with Crippen molar-refractivity contribution >= 4 is 23.3 Å². The van der Waals surface area contributed by atoms with Crippen molar-refractivity contribution in [2.75, 3.05) is 38.3 Å². The molecule has 2 aliphatic carbocycles. The maximum atomic E-state index is 14.7. The lowest BCUT2D eigenvalue weighted by Crippen LogP contribution is -2.48. The normalized spacial score (nSPS) is 17.7. The number of hydrogen-bond donors (Lipinski definition) is 2. The molecular formula is C53H50N4O5. The number of amides is 2. The molecule has 3 N–H and O–H groups in total. The van der Waals surface area contributed by atoms with Crippen LogP contribution in [-0.4, -0.2) is 60.4 Å². The van der Waals surface area contributed by atoms with Gasteiger partial charge in [-0.05, 0) is 130 Å². The van der Waals surface area contributed by atoms with E-state index < -0.39 is 0 Å². The number of hydrogen-bond acceptors (Lipinski definition) is 7. The van der Waals surface area contributed by atoms with E-state index in [1.165, 1.54) is 27.8 Å². The van der Waals surface area contributed by atoms with E-state index in [-0.39, 0.29) is 36.2 Å². The highest BCUT2D eigenvalue weighted by molar-refractivity contribution is 6.09. The smallest absolute Gasteiger partial charge is 0.256 e. The van der Waals surface area contributed by atoms with Gasteiger partial charge in [0.1, 0.15) is 0 Å². The van der Waals surface area contributed by atoms with E-state index >= 15 is 0 Å². The number of nitrogens with zero attached hydrogens (tertiary/aromatic N) is 2. The molecule has 4 aliphatic rings. The second-order valence-electron chi connectivity index (χ2n) is 17.0. The van der Waals surface area contributed by atoms with Gasteiger partial charge < -0.3 is 25.4 Å². The van der Waals surface area contributed by atoms with Crippen molar-refractivity contribution in [2.24, 2.45) is 5.73 Å². The molecule has 1 saturated heterocycles. The molecule has 0 aromatic heterocycles. The van der Waals surface area contributed by atoms with Crippen molar-refractivity contribution in [1.82, 2.24) is 9.80 Å². The Morgan fingerprint density at radius 3 is 2.27 bits per heavy atom. The molecule has 6 aromatic rings. The zero-order chi connectivity index (χ0) is 42.2. The Morgan fingerprint density at radius 1 is 0.726 bits per heavy atom. The SMILES string of the molecule is NCc1ccc(-c2ccccc2C(=O)Nc2ccc(C(=O)C3Cc4ccccc4-c4ccc5c(c43)CCCC5CC(=O)N3CCN(Cc4ccc5c(c4)OCO5)CC3)cc2)cc1. The predicted octanol–water partition coefficient (Wildman–Crippen LogP) is 9.14. The molecule has 0 spiro atoms. The number of nitrogens with two attached hydrogens (primary N) is 1. The summed E-state index contributed by atoms with van der Waals surface area (Å²) in [6.45, 7) is 4.60. The highest BCUT2D eigenvalue weighted by Crippen LogP contribution is 2.48. The number of piperazine rings is 1. The quantitative estimate of drug-likeness (QED) is 0.133. The lowest BCUT2D eigenvalue weighted by atomic mass is 9.69. The molecule has 9 nitrogen and oxygen atoms in total. The minimum atomic E-state index is -0.361. The summed E-state index contributed by atoms with van der Waals surface area (Å²) >= 11 is 0. The summed E-state index contributed by atoms with van der Waals surface area (Å²) in [5.74, 6) is 1.38. The second kappa shape index (κ2) is 17.1. The number of ketones is 1. The number of carbonyl (C=O) groups excluding carboxylic acids is 3. The van der Waals surface area contributed by atoms with Crippen molar-refractivity contribution in [2.45, 2.75) is 57.0 Å². The summed E-state index contributed by atoms with van der Waals surface area (Å²) in [6.07, 6.45) is 3.90. The van der Waals surface area contributed by atoms with Crippen LogP contribution in [-0.2, 0) is 30.7 Å². The number of carbonyl (C=O) groups is 3. The van der Waals surface area contributed by atoms with Gasteiger partial charge in [-0.3, -0.25) is 19.3 Å². The van der Waals surface area contributed by atoms with Crippen LogP contribution in [0.1, 0.15) is 85.2 Å². The van der Waals surface area contributed by atoms with Crippen LogP contribution in [0.25, 0.3) is 22.3 Å². The highest BCUT2D eigenvalue weighted by Gasteiger charge is 2.36. The lowest BCUT2D eigenvalue weighted by molar-refractivity contribution is -0.133. The zero-order valence-corrected chi connectivity index (χ0v) is 34.8. The fourth-order valence-corrected chi connectivity index (χ4v) is 10.0. The molecule has 10 rings (SSSR count). The number of Topliss-reactive ketones (excluding diaryl/α,β-unsaturated/α-hetero) is 1. The van der Waals surface area contributed by atoms with Crippen LogP contribution in [0.4, 0.5) is 5.69 Å². The minimum absolute atomic E-state index is 0.0649. The fourth-order valence-electron chi connectivity index (χ4n) is 10.0. The first-order chi connectivity index (χ1) is 30.4. The monoisotopic (exact) mass is 822 g/mol. The number of anilines is 1. The van der Waals surface area contributed by atoms with Crippen molar-refractivity contribution in [1.29, 1.82) is 0 Å². The fraction of sp³-hybridized carbons (Fsp3) is 0.264. The number of fused-ring (bicyclic) bond motifs is 6. The summed E-state index contributed by atoms with van der Waals surface area (Å²) in [6, 6.07) is 41.8. The molecule has 2 atom stereocenters. The van der Waals surface area contributed by atoms with Gasteiger partial charge in [0.2, 0.25) is 12.7 Å². The molecule has 2 heterocycles. The summed E-state index contributed by atoms with van der Waals surface area (Å²) in [5.41, 5.74) is 18.6. The Balaban J connectivity index is 0.848. The lowest BCUT2D eigenvalue weighted by Gasteiger charge is -2.37. The first-order valence-corrected chi connectivity index (χ1v) is 21.9. The molecule has 1 fully saturated rings. The molecule has 2 aliphatic heterocycles. The molecule has 2 unspecified atom stereocenters. The largest absolute Gasteiger partial charge is 0.454 e. The molecule has 0 saturated carbocycles. The van der Waals surface area contributed by atoms with E-state index in [0.717, 1.165) is 78.2 Å². The molecule has 2 amide bonds. The van der Waals surface area contributed by atoms with Crippen molar-refractivity contribution in [3.63, 3.8) is 0 Å². The second-order valence-corrected chi connectivity index (χ2v) is 17.0. The van der Waals surface area contributed by atoms with Gasteiger partial charge in [-0.2, -0.15) is 0 Å². The van der Waals surface area contributed by atoms with Gasteiger partial charge in [-0.25, -0.2) is 0 Å². The van der Waals surface area contributed by atoms with Gasteiger partial charge in [0.25, 0.3) is 5.91 Å². The number of benzene rings is 6. The Hall–Kier alpha value is -6.55. The highest BCUT2D eigenvalue weighted by atomic mass is 16.7. The average Bonchev–Trinajstić information content (AvgIpc) is 3.80. The van der Waals surface area contributed by atoms with Gasteiger partial charge >= 0.3 is 0 Å². The van der Waals surface area contributed by atoms with Crippen LogP contribution in [0.2, 0.25) is 0 Å². The summed E-state index contributed by atoms with van der Waals surface area (Å²) in [7, 11) is 0. The maximum absolute atomic E-state index is 14.7. The average molecular weight is 823 g/mol. The van der Waals surface area contributed by atoms with Gasteiger partial charge in [0, 0.05) is 62.5 Å². The first kappa shape index (κ1) is 39.6. The standard InChI is InChI=1S/C53H50N4O5/c54-31-34-12-15-36(16-13-34)41-8-3-4-10-46(41)53(60)55-40-19-17-37(18-20-40)52(59)47-29-38-6-1-2-9-42(38)45-22-21-43-39(7-5-11-44(43)51(45)47)30-50(58)57-26-24-56(25-27-57)32-35-14-23-48-49(28-35)62-33-61-48/h1-4,6,8-10,12-23,28,39,47H,5,7,11,24-27,29-33,54H2,(H,55,60). The molecule has 62 heavy (non-hydrogen) atoms. The van der Waals surface area contributed by atoms with Gasteiger partial charge in [-0.15, -0.1) is 0 Å². The van der Waals surface area contributed by atoms with Gasteiger partial charge in [-0.1, -0.05) is 84.9 Å². The van der Waals surface area contributed by atoms with E-state index in [4.69, 9.17) is 15.2 Å². The summed E-state index contributed by atoms with van der Waals surface area (Å²) in [4.78, 5) is 46.8. The van der Waals surface area contributed by atoms with E-state index in [1.807, 2.05) is 89.8 Å². The zero-order valence-electron chi connectivity index (χ0n) is 34.8. The molecule has 312 valence electrons. The van der Waals surface area contributed by atoms with Gasteiger partial charge in [0.05, 0.1) is 5.92 Å². The summed E-state index contributed by atoms with van der Waals surface area (Å²) < 4.78 is 11.1. The molecule has 0 radical (unpaired) electrons. The van der Waals surface area contributed by atoms with Crippen molar-refractivity contribution in [3.8, 4) is 33.8 Å². The Labute approximate surface area is 362 Å². The Kier molecular flexibility index (Phi) is 10.9. The summed E-state index contributed by atoms with van der Waals surface area (Å²) in [5, 5.41) is 3.06. The van der Waals surface area contributed by atoms with E-state index in [0.29, 0.717) is 49.3 Å². The molecular weight excluding hydrogens is 773 g/mol. The number of ether oxygens (including phenoxy) is 2. The maximum Gasteiger partial charge on any atom is 0.256 e.